The van der Waals surface area contributed by atoms with Gasteiger partial charge in [0.25, 0.3) is 0 Å². The number of nitrogens with two attached hydrogens (primary N) is 1. The van der Waals surface area contributed by atoms with Gasteiger partial charge in [-0.3, -0.25) is 0 Å². The number of nitrogens with zero attached hydrogens (tertiary/aromatic N) is 1. The molecular weight excluding hydrogens is 148 g/mol. The lowest BCUT2D eigenvalue weighted by atomic mass is 9.77. The van der Waals surface area contributed by atoms with Gasteiger partial charge >= 0.3 is 0 Å². The Morgan fingerprint density at radius 2 is 2.08 bits per heavy atom. The van der Waals surface area contributed by atoms with E-state index in [9.17, 15) is 0 Å². The average Bonchev–Trinajstić information content (AvgIpc) is 2.07. The Labute approximate surface area is 75.1 Å². The van der Waals surface area contributed by atoms with E-state index in [1.807, 2.05) is 0 Å². The van der Waals surface area contributed by atoms with Crippen LogP contribution in [0.3, 0.4) is 0 Å². The summed E-state index contributed by atoms with van der Waals surface area (Å²) in [6, 6.07) is 1.29. The number of hydrogen-bond acceptors (Lipinski definition) is 2. The number of likely N-dealkylation sites (tertiary alicyclic amines) is 1. The lowest BCUT2D eigenvalue weighted by molar-refractivity contribution is 0.0762. The molecule has 0 aromatic heterocycles. The van der Waals surface area contributed by atoms with Crippen LogP contribution in [0, 0.1) is 5.92 Å². The first-order valence-electron chi connectivity index (χ1n) is 5.23. The van der Waals surface area contributed by atoms with E-state index in [2.05, 4.69) is 11.9 Å². The molecular formula is C10H20N2. The second kappa shape index (κ2) is 3.35. The van der Waals surface area contributed by atoms with Gasteiger partial charge in [0.1, 0.15) is 0 Å². The SMILES string of the molecule is CN1CCC[C@H]2CC[C@@H](N)C[C@@H]21. The molecule has 1 aliphatic carbocycles. The zero-order chi connectivity index (χ0) is 8.55. The van der Waals surface area contributed by atoms with Gasteiger partial charge in [0.2, 0.25) is 0 Å². The van der Waals surface area contributed by atoms with Gasteiger partial charge in [0.05, 0.1) is 0 Å². The van der Waals surface area contributed by atoms with Crippen molar-refractivity contribution in [2.24, 2.45) is 11.7 Å². The third-order valence-electron chi connectivity index (χ3n) is 3.65. The molecule has 1 saturated heterocycles. The Morgan fingerprint density at radius 3 is 2.92 bits per heavy atom. The maximum atomic E-state index is 5.98. The Kier molecular flexibility index (Phi) is 2.37. The van der Waals surface area contributed by atoms with E-state index in [0.29, 0.717) is 6.04 Å². The van der Waals surface area contributed by atoms with Crippen LogP contribution in [0.4, 0.5) is 0 Å². The molecule has 0 bridgehead atoms. The highest BCUT2D eigenvalue weighted by molar-refractivity contribution is 4.89. The van der Waals surface area contributed by atoms with Crippen molar-refractivity contribution in [1.29, 1.82) is 0 Å². The van der Waals surface area contributed by atoms with Crippen LogP contribution in [-0.4, -0.2) is 30.6 Å². The quantitative estimate of drug-likeness (QED) is 0.589. The third-order valence-corrected chi connectivity index (χ3v) is 3.65. The van der Waals surface area contributed by atoms with Crippen molar-refractivity contribution in [3.63, 3.8) is 0 Å². The predicted octanol–water partition coefficient (Wildman–Crippen LogP) is 1.21. The molecule has 2 heteroatoms. The molecule has 0 aromatic rings. The first kappa shape index (κ1) is 8.52. The van der Waals surface area contributed by atoms with Crippen LogP contribution in [0.2, 0.25) is 0 Å². The summed E-state index contributed by atoms with van der Waals surface area (Å²) in [5.74, 6) is 0.962. The Hall–Kier alpha value is -0.0800. The lowest BCUT2D eigenvalue weighted by Crippen LogP contribution is -2.49. The molecule has 0 aromatic carbocycles. The van der Waals surface area contributed by atoms with E-state index in [1.165, 1.54) is 38.6 Å². The normalized spacial score (nSPS) is 44.0. The Morgan fingerprint density at radius 1 is 1.25 bits per heavy atom. The average molecular weight is 168 g/mol. The summed E-state index contributed by atoms with van der Waals surface area (Å²) >= 11 is 0. The van der Waals surface area contributed by atoms with Crippen LogP contribution in [-0.2, 0) is 0 Å². The summed E-state index contributed by atoms with van der Waals surface area (Å²) in [6.45, 7) is 1.29. The van der Waals surface area contributed by atoms with Gasteiger partial charge in [-0.15, -0.1) is 0 Å². The highest BCUT2D eigenvalue weighted by Gasteiger charge is 2.33. The van der Waals surface area contributed by atoms with Gasteiger partial charge in [-0.25, -0.2) is 0 Å². The molecule has 2 nitrogen and oxygen atoms in total. The fourth-order valence-corrected chi connectivity index (χ4v) is 2.89. The van der Waals surface area contributed by atoms with Crippen molar-refractivity contribution in [1.82, 2.24) is 4.90 Å². The van der Waals surface area contributed by atoms with Gasteiger partial charge in [0, 0.05) is 12.1 Å². The smallest absolute Gasteiger partial charge is 0.0135 e. The lowest BCUT2D eigenvalue weighted by Gasteiger charge is -2.44. The summed E-state index contributed by atoms with van der Waals surface area (Å²) in [5.41, 5.74) is 5.98. The minimum absolute atomic E-state index is 0.479. The van der Waals surface area contributed by atoms with Crippen LogP contribution >= 0.6 is 0 Å². The number of hydrogen-bond donors (Lipinski definition) is 1. The van der Waals surface area contributed by atoms with Gasteiger partial charge in [-0.05, 0) is 51.6 Å². The van der Waals surface area contributed by atoms with Crippen molar-refractivity contribution < 1.29 is 0 Å². The number of rotatable bonds is 0. The maximum absolute atomic E-state index is 5.98. The van der Waals surface area contributed by atoms with E-state index in [0.717, 1.165) is 12.0 Å². The van der Waals surface area contributed by atoms with Crippen molar-refractivity contribution >= 4 is 0 Å². The highest BCUT2D eigenvalue weighted by Crippen LogP contribution is 2.33. The first-order chi connectivity index (χ1) is 5.77. The van der Waals surface area contributed by atoms with Crippen LogP contribution in [0.15, 0.2) is 0 Å². The molecule has 0 unspecified atom stereocenters. The molecule has 1 aliphatic heterocycles. The summed E-state index contributed by atoms with van der Waals surface area (Å²) in [6.07, 6.45) is 6.71. The topological polar surface area (TPSA) is 29.3 Å². The molecule has 1 heterocycles. The largest absolute Gasteiger partial charge is 0.328 e. The standard InChI is InChI=1S/C10H20N2/c1-12-6-2-3-8-4-5-9(11)7-10(8)12/h8-10H,2-7,11H2,1H3/t8-,9+,10-/m0/s1. The van der Waals surface area contributed by atoms with Gasteiger partial charge < -0.3 is 10.6 Å². The summed E-state index contributed by atoms with van der Waals surface area (Å²) in [4.78, 5) is 2.52. The molecule has 0 spiro atoms. The fourth-order valence-electron chi connectivity index (χ4n) is 2.89. The molecule has 70 valence electrons. The second-order valence-electron chi connectivity index (χ2n) is 4.52. The molecule has 2 N–H and O–H groups in total. The molecule has 0 radical (unpaired) electrons. The summed E-state index contributed by atoms with van der Waals surface area (Å²) < 4.78 is 0. The van der Waals surface area contributed by atoms with Crippen LogP contribution in [0.1, 0.15) is 32.1 Å². The minimum atomic E-state index is 0.479. The second-order valence-corrected chi connectivity index (χ2v) is 4.52. The van der Waals surface area contributed by atoms with Crippen molar-refractivity contribution in [2.45, 2.75) is 44.2 Å². The number of piperidine rings is 1. The van der Waals surface area contributed by atoms with Crippen LogP contribution < -0.4 is 5.73 Å². The molecule has 12 heavy (non-hydrogen) atoms. The third kappa shape index (κ3) is 1.50. The number of fused-ring (bicyclic) bond motifs is 1. The minimum Gasteiger partial charge on any atom is -0.328 e. The zero-order valence-electron chi connectivity index (χ0n) is 8.00. The van der Waals surface area contributed by atoms with Crippen molar-refractivity contribution in [3.8, 4) is 0 Å². The highest BCUT2D eigenvalue weighted by atomic mass is 15.1. The van der Waals surface area contributed by atoms with Crippen molar-refractivity contribution in [2.75, 3.05) is 13.6 Å². The van der Waals surface area contributed by atoms with E-state index in [1.54, 1.807) is 0 Å². The van der Waals surface area contributed by atoms with Crippen molar-refractivity contribution in [3.05, 3.63) is 0 Å². The van der Waals surface area contributed by atoms with Crippen LogP contribution in [0.5, 0.6) is 0 Å². The molecule has 2 aliphatic rings. The van der Waals surface area contributed by atoms with Crippen LogP contribution in [0.25, 0.3) is 0 Å². The molecule has 2 fully saturated rings. The predicted molar refractivity (Wildman–Crippen MR) is 51.0 cm³/mol. The summed E-state index contributed by atoms with van der Waals surface area (Å²) in [5, 5.41) is 0. The van der Waals surface area contributed by atoms with E-state index in [-0.39, 0.29) is 0 Å². The van der Waals surface area contributed by atoms with Gasteiger partial charge in [-0.1, -0.05) is 0 Å². The molecule has 0 amide bonds. The summed E-state index contributed by atoms with van der Waals surface area (Å²) in [7, 11) is 2.26. The van der Waals surface area contributed by atoms with E-state index >= 15 is 0 Å². The molecule has 1 saturated carbocycles. The van der Waals surface area contributed by atoms with E-state index in [4.69, 9.17) is 5.73 Å². The maximum Gasteiger partial charge on any atom is 0.0135 e. The van der Waals surface area contributed by atoms with Gasteiger partial charge in [-0.2, -0.15) is 0 Å². The first-order valence-corrected chi connectivity index (χ1v) is 5.23. The Bertz CT molecular complexity index is 158. The monoisotopic (exact) mass is 168 g/mol. The van der Waals surface area contributed by atoms with Gasteiger partial charge in [0.15, 0.2) is 0 Å². The van der Waals surface area contributed by atoms with E-state index < -0.39 is 0 Å². The Balaban J connectivity index is 2.00. The fraction of sp³-hybridized carbons (Fsp3) is 1.00. The molecule has 3 atom stereocenters. The zero-order valence-corrected chi connectivity index (χ0v) is 8.00. The molecule has 2 rings (SSSR count).